The van der Waals surface area contributed by atoms with Crippen molar-refractivity contribution in [3.05, 3.63) is 39.8 Å². The lowest BCUT2D eigenvalue weighted by Gasteiger charge is -2.10. The van der Waals surface area contributed by atoms with Crippen LogP contribution in [-0.2, 0) is 16.1 Å². The minimum absolute atomic E-state index is 0.125. The minimum atomic E-state index is -0.744. The van der Waals surface area contributed by atoms with E-state index in [2.05, 4.69) is 15.5 Å². The summed E-state index contributed by atoms with van der Waals surface area (Å²) < 4.78 is 6.37. The van der Waals surface area contributed by atoms with Crippen LogP contribution in [0.4, 0.5) is 4.79 Å². The lowest BCUT2D eigenvalue weighted by molar-refractivity contribution is -0.123. The Morgan fingerprint density at radius 2 is 2.17 bits per heavy atom. The standard InChI is InChI=1S/C14H15N3O3S3/c1-9(8-22-14-17-16-13(21)23-14)11(18)15-12(19)20-7-10-5-3-2-4-6-10/h2-6,9H,7-8H2,1H3,(H,16,21)(H,15,18,19). The normalized spacial score (nSPS) is 11.7. The van der Waals surface area contributed by atoms with Crippen molar-refractivity contribution < 1.29 is 14.3 Å². The van der Waals surface area contributed by atoms with Crippen molar-refractivity contribution in [3.63, 3.8) is 0 Å². The zero-order chi connectivity index (χ0) is 16.7. The summed E-state index contributed by atoms with van der Waals surface area (Å²) in [5.41, 5.74) is 0.860. The number of amides is 2. The monoisotopic (exact) mass is 369 g/mol. The molecule has 23 heavy (non-hydrogen) atoms. The van der Waals surface area contributed by atoms with Crippen molar-refractivity contribution >= 4 is 47.3 Å². The molecule has 2 amide bonds. The van der Waals surface area contributed by atoms with Gasteiger partial charge < -0.3 is 4.74 Å². The SMILES string of the molecule is CC(CSc1n[nH]c(=S)s1)C(=O)NC(=O)OCc1ccccc1. The molecule has 0 bridgehead atoms. The summed E-state index contributed by atoms with van der Waals surface area (Å²) in [6.07, 6.45) is -0.744. The van der Waals surface area contributed by atoms with E-state index in [0.29, 0.717) is 9.71 Å². The Morgan fingerprint density at radius 3 is 2.83 bits per heavy atom. The molecule has 2 rings (SSSR count). The van der Waals surface area contributed by atoms with Crippen LogP contribution in [0.2, 0.25) is 0 Å². The maximum Gasteiger partial charge on any atom is 0.414 e. The number of ether oxygens (including phenoxy) is 1. The summed E-state index contributed by atoms with van der Waals surface area (Å²) in [6.45, 7) is 1.86. The van der Waals surface area contributed by atoms with Crippen LogP contribution in [-0.4, -0.2) is 28.0 Å². The van der Waals surface area contributed by atoms with E-state index in [1.54, 1.807) is 6.92 Å². The van der Waals surface area contributed by atoms with Crippen LogP contribution >= 0.6 is 35.3 Å². The molecule has 0 aliphatic rings. The van der Waals surface area contributed by atoms with Crippen LogP contribution in [0.25, 0.3) is 0 Å². The molecule has 0 radical (unpaired) electrons. The first kappa shape index (κ1) is 17.6. The van der Waals surface area contributed by atoms with Crippen LogP contribution in [0, 0.1) is 9.87 Å². The average molecular weight is 369 g/mol. The first-order chi connectivity index (χ1) is 11.0. The Kier molecular flexibility index (Phi) is 6.75. The second kappa shape index (κ2) is 8.80. The van der Waals surface area contributed by atoms with E-state index in [-0.39, 0.29) is 18.4 Å². The van der Waals surface area contributed by atoms with Gasteiger partial charge in [0.05, 0.1) is 0 Å². The second-order valence-corrected chi connectivity index (χ2v) is 7.57. The van der Waals surface area contributed by atoms with Gasteiger partial charge in [0.1, 0.15) is 6.61 Å². The third-order valence-corrected chi connectivity index (χ3v) is 5.25. The van der Waals surface area contributed by atoms with Gasteiger partial charge in [-0.2, -0.15) is 5.10 Å². The number of alkyl carbamates (subject to hydrolysis) is 1. The maximum atomic E-state index is 11.9. The number of hydrogen-bond acceptors (Lipinski definition) is 7. The summed E-state index contributed by atoms with van der Waals surface area (Å²) >= 11 is 7.70. The molecule has 0 saturated carbocycles. The first-order valence-corrected chi connectivity index (χ1v) is 8.95. The molecule has 1 atom stereocenters. The van der Waals surface area contributed by atoms with Crippen LogP contribution in [0.3, 0.4) is 0 Å². The predicted molar refractivity (Wildman–Crippen MR) is 92.0 cm³/mol. The molecule has 1 aromatic heterocycles. The molecule has 1 unspecified atom stereocenters. The van der Waals surface area contributed by atoms with Crippen LogP contribution < -0.4 is 5.32 Å². The van der Waals surface area contributed by atoms with E-state index < -0.39 is 6.09 Å². The zero-order valence-electron chi connectivity index (χ0n) is 12.3. The molecule has 9 heteroatoms. The van der Waals surface area contributed by atoms with Gasteiger partial charge in [0.15, 0.2) is 8.29 Å². The van der Waals surface area contributed by atoms with Crippen LogP contribution in [0.1, 0.15) is 12.5 Å². The highest BCUT2D eigenvalue weighted by Gasteiger charge is 2.17. The maximum absolute atomic E-state index is 11.9. The summed E-state index contributed by atoms with van der Waals surface area (Å²) in [5, 5.41) is 8.91. The van der Waals surface area contributed by atoms with Gasteiger partial charge in [0.25, 0.3) is 0 Å². The fourth-order valence-electron chi connectivity index (χ4n) is 1.53. The van der Waals surface area contributed by atoms with Crippen LogP contribution in [0.5, 0.6) is 0 Å². The van der Waals surface area contributed by atoms with Gasteiger partial charge in [0.2, 0.25) is 5.91 Å². The Morgan fingerprint density at radius 1 is 1.43 bits per heavy atom. The van der Waals surface area contributed by atoms with Gasteiger partial charge >= 0.3 is 6.09 Å². The number of aromatic nitrogens is 2. The number of carbonyl (C=O) groups is 2. The summed E-state index contributed by atoms with van der Waals surface area (Å²) in [7, 11) is 0. The molecule has 0 aliphatic heterocycles. The topological polar surface area (TPSA) is 84.1 Å². The van der Waals surface area contributed by atoms with Crippen molar-refractivity contribution in [2.24, 2.45) is 5.92 Å². The Hall–Kier alpha value is -1.71. The molecule has 0 fully saturated rings. The number of aromatic amines is 1. The molecule has 2 N–H and O–H groups in total. The Labute approximate surface area is 146 Å². The fraction of sp³-hybridized carbons (Fsp3) is 0.286. The molecule has 1 aromatic carbocycles. The van der Waals surface area contributed by atoms with Crippen molar-refractivity contribution in [3.8, 4) is 0 Å². The van der Waals surface area contributed by atoms with Gasteiger partial charge in [-0.05, 0) is 17.8 Å². The predicted octanol–water partition coefficient (Wildman–Crippen LogP) is 3.38. The molecular formula is C14H15N3O3S3. The van der Waals surface area contributed by atoms with Crippen LogP contribution in [0.15, 0.2) is 34.7 Å². The van der Waals surface area contributed by atoms with E-state index in [9.17, 15) is 9.59 Å². The Bertz CT molecular complexity index is 715. The molecule has 122 valence electrons. The summed E-state index contributed by atoms with van der Waals surface area (Å²) in [4.78, 5) is 23.5. The average Bonchev–Trinajstić information content (AvgIpc) is 2.97. The van der Waals surface area contributed by atoms with Crippen molar-refractivity contribution in [2.45, 2.75) is 17.9 Å². The third-order valence-electron chi connectivity index (χ3n) is 2.76. The number of thioether (sulfide) groups is 1. The second-order valence-electron chi connectivity index (χ2n) is 4.64. The lowest BCUT2D eigenvalue weighted by atomic mass is 10.2. The fourth-order valence-corrected chi connectivity index (χ4v) is 3.66. The number of carbonyl (C=O) groups excluding carboxylic acids is 2. The molecule has 0 saturated heterocycles. The highest BCUT2D eigenvalue weighted by Crippen LogP contribution is 2.22. The number of nitrogens with zero attached hydrogens (tertiary/aromatic N) is 1. The minimum Gasteiger partial charge on any atom is -0.444 e. The van der Waals surface area contributed by atoms with Gasteiger partial charge in [-0.25, -0.2) is 4.79 Å². The first-order valence-electron chi connectivity index (χ1n) is 6.74. The molecule has 0 spiro atoms. The molecule has 2 aromatic rings. The number of rotatable bonds is 6. The molecule has 1 heterocycles. The highest BCUT2D eigenvalue weighted by molar-refractivity contribution is 8.01. The highest BCUT2D eigenvalue weighted by atomic mass is 32.2. The van der Waals surface area contributed by atoms with Gasteiger partial charge in [0, 0.05) is 11.7 Å². The van der Waals surface area contributed by atoms with E-state index >= 15 is 0 Å². The van der Waals surface area contributed by atoms with E-state index in [4.69, 9.17) is 17.0 Å². The number of H-pyrrole nitrogens is 1. The number of benzene rings is 1. The van der Waals surface area contributed by atoms with E-state index in [1.165, 1.54) is 23.1 Å². The van der Waals surface area contributed by atoms with Crippen molar-refractivity contribution in [1.29, 1.82) is 0 Å². The molecule has 6 nitrogen and oxygen atoms in total. The summed E-state index contributed by atoms with van der Waals surface area (Å²) in [6, 6.07) is 9.26. The lowest BCUT2D eigenvalue weighted by Crippen LogP contribution is -2.35. The smallest absolute Gasteiger partial charge is 0.414 e. The Balaban J connectivity index is 1.72. The van der Waals surface area contributed by atoms with Crippen molar-refractivity contribution in [1.82, 2.24) is 15.5 Å². The van der Waals surface area contributed by atoms with Crippen molar-refractivity contribution in [2.75, 3.05) is 5.75 Å². The largest absolute Gasteiger partial charge is 0.444 e. The van der Waals surface area contributed by atoms with Gasteiger partial charge in [-0.15, -0.1) is 0 Å². The molecule has 0 aliphatic carbocycles. The van der Waals surface area contributed by atoms with Gasteiger partial charge in [-0.3, -0.25) is 15.2 Å². The quantitative estimate of drug-likeness (QED) is 0.600. The number of hydrogen-bond donors (Lipinski definition) is 2. The van der Waals surface area contributed by atoms with E-state index in [0.717, 1.165) is 9.90 Å². The third kappa shape index (κ3) is 6.12. The number of nitrogens with one attached hydrogen (secondary N) is 2. The zero-order valence-corrected chi connectivity index (χ0v) is 14.7. The summed E-state index contributed by atoms with van der Waals surface area (Å²) in [5.74, 6) is -0.245. The van der Waals surface area contributed by atoms with E-state index in [1.807, 2.05) is 30.3 Å². The molecular weight excluding hydrogens is 354 g/mol. The van der Waals surface area contributed by atoms with Gasteiger partial charge in [-0.1, -0.05) is 60.4 Å². The number of imide groups is 1.